The lowest BCUT2D eigenvalue weighted by atomic mass is 10.2. The van der Waals surface area contributed by atoms with Gasteiger partial charge in [-0.2, -0.15) is 5.10 Å². The second-order valence-corrected chi connectivity index (χ2v) is 5.72. The van der Waals surface area contributed by atoms with E-state index in [9.17, 15) is 4.79 Å². The molecule has 3 aromatic heterocycles. The Morgan fingerprint density at radius 2 is 1.72 bits per heavy atom. The summed E-state index contributed by atoms with van der Waals surface area (Å²) in [5.41, 5.74) is 0.624. The molecule has 3 aromatic rings. The maximum absolute atomic E-state index is 12.4. The van der Waals surface area contributed by atoms with Crippen molar-refractivity contribution in [3.63, 3.8) is 0 Å². The smallest absolute Gasteiger partial charge is 0.255 e. The van der Waals surface area contributed by atoms with Gasteiger partial charge in [-0.05, 0) is 30.3 Å². The van der Waals surface area contributed by atoms with E-state index in [4.69, 9.17) is 0 Å². The molecule has 0 unspecified atom stereocenters. The van der Waals surface area contributed by atoms with Crippen molar-refractivity contribution >= 4 is 11.7 Å². The number of pyridine rings is 1. The molecule has 8 heteroatoms. The topological polar surface area (TPSA) is 80.0 Å². The van der Waals surface area contributed by atoms with Crippen LogP contribution >= 0.6 is 0 Å². The Bertz CT molecular complexity index is 825. The second kappa shape index (κ2) is 6.68. The second-order valence-electron chi connectivity index (χ2n) is 5.72. The Hall–Kier alpha value is -3.29. The standard InChI is InChI=1S/C17H17N7O/c25-17(14-3-1-6-18-13-14)23-11-9-22(10-12-23)15-4-5-16(21-20-15)24-8-2-7-19-24/h1-8,13H,9-12H2. The maximum atomic E-state index is 12.4. The van der Waals surface area contributed by atoms with E-state index < -0.39 is 0 Å². The lowest BCUT2D eigenvalue weighted by Crippen LogP contribution is -2.49. The fraction of sp³-hybridized carbons (Fsp3) is 0.235. The van der Waals surface area contributed by atoms with Crippen LogP contribution in [0.3, 0.4) is 0 Å². The number of carbonyl (C=O) groups is 1. The zero-order valence-corrected chi connectivity index (χ0v) is 13.6. The first-order valence-electron chi connectivity index (χ1n) is 8.09. The molecule has 4 rings (SSSR count). The highest BCUT2D eigenvalue weighted by molar-refractivity contribution is 5.94. The normalized spacial score (nSPS) is 14.6. The van der Waals surface area contributed by atoms with Gasteiger partial charge in [0.25, 0.3) is 5.91 Å². The Morgan fingerprint density at radius 3 is 2.36 bits per heavy atom. The van der Waals surface area contributed by atoms with Crippen LogP contribution < -0.4 is 4.90 Å². The molecule has 0 saturated carbocycles. The molecule has 0 atom stereocenters. The molecule has 0 bridgehead atoms. The van der Waals surface area contributed by atoms with E-state index in [0.717, 1.165) is 18.9 Å². The highest BCUT2D eigenvalue weighted by atomic mass is 16.2. The van der Waals surface area contributed by atoms with Gasteiger partial charge in [0, 0.05) is 51.0 Å². The number of rotatable bonds is 3. The molecule has 0 N–H and O–H groups in total. The van der Waals surface area contributed by atoms with Crippen molar-refractivity contribution in [1.82, 2.24) is 29.9 Å². The fourth-order valence-electron chi connectivity index (χ4n) is 2.82. The van der Waals surface area contributed by atoms with E-state index >= 15 is 0 Å². The van der Waals surface area contributed by atoms with Crippen LogP contribution in [0.25, 0.3) is 5.82 Å². The summed E-state index contributed by atoms with van der Waals surface area (Å²) in [6.07, 6.45) is 6.80. The van der Waals surface area contributed by atoms with Gasteiger partial charge in [0.05, 0.1) is 5.56 Å². The van der Waals surface area contributed by atoms with E-state index in [-0.39, 0.29) is 5.91 Å². The van der Waals surface area contributed by atoms with Crippen LogP contribution in [0.15, 0.2) is 55.1 Å². The third kappa shape index (κ3) is 3.18. The van der Waals surface area contributed by atoms with Gasteiger partial charge in [-0.1, -0.05) is 0 Å². The van der Waals surface area contributed by atoms with Crippen LogP contribution in [0, 0.1) is 0 Å². The summed E-state index contributed by atoms with van der Waals surface area (Å²) in [4.78, 5) is 20.4. The number of hydrogen-bond donors (Lipinski definition) is 0. The van der Waals surface area contributed by atoms with Crippen molar-refractivity contribution < 1.29 is 4.79 Å². The third-order valence-electron chi connectivity index (χ3n) is 4.17. The predicted molar refractivity (Wildman–Crippen MR) is 91.5 cm³/mol. The van der Waals surface area contributed by atoms with Gasteiger partial charge >= 0.3 is 0 Å². The van der Waals surface area contributed by atoms with Gasteiger partial charge < -0.3 is 9.80 Å². The number of hydrogen-bond acceptors (Lipinski definition) is 6. The maximum Gasteiger partial charge on any atom is 0.255 e. The van der Waals surface area contributed by atoms with Gasteiger partial charge in [-0.3, -0.25) is 9.78 Å². The zero-order valence-electron chi connectivity index (χ0n) is 13.6. The average molecular weight is 335 g/mol. The van der Waals surface area contributed by atoms with Crippen molar-refractivity contribution in [2.24, 2.45) is 0 Å². The van der Waals surface area contributed by atoms with Crippen molar-refractivity contribution in [2.75, 3.05) is 31.1 Å². The number of aromatic nitrogens is 5. The first kappa shape index (κ1) is 15.3. The monoisotopic (exact) mass is 335 g/mol. The van der Waals surface area contributed by atoms with E-state index in [2.05, 4.69) is 25.2 Å². The summed E-state index contributed by atoms with van der Waals surface area (Å²) in [7, 11) is 0. The van der Waals surface area contributed by atoms with Gasteiger partial charge in [0.15, 0.2) is 11.6 Å². The average Bonchev–Trinajstić information content (AvgIpc) is 3.23. The fourth-order valence-corrected chi connectivity index (χ4v) is 2.82. The van der Waals surface area contributed by atoms with Gasteiger partial charge in [-0.15, -0.1) is 10.2 Å². The van der Waals surface area contributed by atoms with E-state index in [0.29, 0.717) is 24.5 Å². The van der Waals surface area contributed by atoms with Crippen LogP contribution in [0.4, 0.5) is 5.82 Å². The summed E-state index contributed by atoms with van der Waals surface area (Å²) in [5.74, 6) is 1.51. The van der Waals surface area contributed by atoms with Gasteiger partial charge in [0.2, 0.25) is 0 Å². The molecule has 1 aliphatic rings. The molecule has 1 aliphatic heterocycles. The summed E-state index contributed by atoms with van der Waals surface area (Å²) in [6, 6.07) is 9.24. The molecular weight excluding hydrogens is 318 g/mol. The number of carbonyl (C=O) groups excluding carboxylic acids is 1. The largest absolute Gasteiger partial charge is 0.352 e. The molecule has 8 nitrogen and oxygen atoms in total. The first-order chi connectivity index (χ1) is 12.3. The Labute approximate surface area is 144 Å². The molecule has 4 heterocycles. The van der Waals surface area contributed by atoms with Crippen LogP contribution in [0.1, 0.15) is 10.4 Å². The lowest BCUT2D eigenvalue weighted by molar-refractivity contribution is 0.0746. The molecule has 0 aliphatic carbocycles. The predicted octanol–water partition coefficient (Wildman–Crippen LogP) is 1.02. The van der Waals surface area contributed by atoms with Gasteiger partial charge in [0.1, 0.15) is 0 Å². The lowest BCUT2D eigenvalue weighted by Gasteiger charge is -2.35. The summed E-state index contributed by atoms with van der Waals surface area (Å²) in [5, 5.41) is 12.6. The SMILES string of the molecule is O=C(c1cccnc1)N1CCN(c2ccc(-n3cccn3)nn2)CC1. The van der Waals surface area contributed by atoms with E-state index in [1.54, 1.807) is 35.4 Å². The van der Waals surface area contributed by atoms with E-state index in [1.807, 2.05) is 29.3 Å². The molecular formula is C17H17N7O. The summed E-state index contributed by atoms with van der Waals surface area (Å²) in [6.45, 7) is 2.75. The zero-order chi connectivity index (χ0) is 17.1. The Kier molecular flexibility index (Phi) is 4.07. The molecule has 1 fully saturated rings. The van der Waals surface area contributed by atoms with Crippen molar-refractivity contribution in [3.8, 4) is 5.82 Å². The van der Waals surface area contributed by atoms with E-state index in [1.165, 1.54) is 0 Å². The van der Waals surface area contributed by atoms with Crippen molar-refractivity contribution in [2.45, 2.75) is 0 Å². The summed E-state index contributed by atoms with van der Waals surface area (Å²) >= 11 is 0. The van der Waals surface area contributed by atoms with Crippen LogP contribution in [0.5, 0.6) is 0 Å². The molecule has 0 spiro atoms. The molecule has 25 heavy (non-hydrogen) atoms. The van der Waals surface area contributed by atoms with Crippen LogP contribution in [-0.4, -0.2) is 61.9 Å². The first-order valence-corrected chi connectivity index (χ1v) is 8.09. The molecule has 1 saturated heterocycles. The minimum Gasteiger partial charge on any atom is -0.352 e. The summed E-state index contributed by atoms with van der Waals surface area (Å²) < 4.78 is 1.67. The Balaban J connectivity index is 1.39. The number of anilines is 1. The quantitative estimate of drug-likeness (QED) is 0.711. The molecule has 0 aromatic carbocycles. The van der Waals surface area contributed by atoms with Gasteiger partial charge in [-0.25, -0.2) is 4.68 Å². The number of amides is 1. The molecule has 126 valence electrons. The van der Waals surface area contributed by atoms with Crippen molar-refractivity contribution in [3.05, 3.63) is 60.7 Å². The van der Waals surface area contributed by atoms with Crippen LogP contribution in [-0.2, 0) is 0 Å². The number of piperazine rings is 1. The van der Waals surface area contributed by atoms with Crippen LogP contribution in [0.2, 0.25) is 0 Å². The molecule has 1 amide bonds. The number of nitrogens with zero attached hydrogens (tertiary/aromatic N) is 7. The Morgan fingerprint density at radius 1 is 0.920 bits per heavy atom. The highest BCUT2D eigenvalue weighted by Gasteiger charge is 2.23. The highest BCUT2D eigenvalue weighted by Crippen LogP contribution is 2.15. The minimum absolute atomic E-state index is 0.0212. The third-order valence-corrected chi connectivity index (χ3v) is 4.17. The van der Waals surface area contributed by atoms with Crippen molar-refractivity contribution in [1.29, 1.82) is 0 Å². The minimum atomic E-state index is 0.0212. The molecule has 0 radical (unpaired) electrons.